The van der Waals surface area contributed by atoms with Gasteiger partial charge in [-0.2, -0.15) is 0 Å². The fourth-order valence-corrected chi connectivity index (χ4v) is 5.12. The second-order valence-electron chi connectivity index (χ2n) is 10.2. The predicted octanol–water partition coefficient (Wildman–Crippen LogP) is 3.25. The number of benzene rings is 2. The maximum absolute atomic E-state index is 13.1. The number of urea groups is 1. The number of hydrogen-bond acceptors (Lipinski definition) is 5. The Bertz CT molecular complexity index is 1320. The van der Waals surface area contributed by atoms with Gasteiger partial charge in [0.05, 0.1) is 0 Å². The minimum Gasteiger partial charge on any atom is -0.351 e. The zero-order valence-electron chi connectivity index (χ0n) is 21.9. The van der Waals surface area contributed by atoms with E-state index in [2.05, 4.69) is 32.7 Å². The molecule has 2 heterocycles. The average Bonchev–Trinajstić information content (AvgIpc) is 3.76. The largest absolute Gasteiger partial charge is 0.351 e. The van der Waals surface area contributed by atoms with E-state index in [-0.39, 0.29) is 23.9 Å². The Hall–Kier alpha value is -4.24. The molecular weight excluding hydrogens is 492 g/mol. The van der Waals surface area contributed by atoms with E-state index < -0.39 is 0 Å². The number of hydrogen-bond donors (Lipinski definition) is 3. The van der Waals surface area contributed by atoms with Crippen LogP contribution in [-0.4, -0.2) is 71.4 Å². The molecule has 39 heavy (non-hydrogen) atoms. The Balaban J connectivity index is 1.28. The molecule has 1 saturated carbocycles. The number of pyridine rings is 1. The molecule has 0 spiro atoms. The Kier molecular flexibility index (Phi) is 8.17. The van der Waals surface area contributed by atoms with Crippen LogP contribution in [0, 0.1) is 0 Å². The number of nitrogens with two attached hydrogens (primary N) is 1. The van der Waals surface area contributed by atoms with E-state index in [1.54, 1.807) is 35.5 Å². The lowest BCUT2D eigenvalue weighted by atomic mass is 10.0. The van der Waals surface area contributed by atoms with Crippen molar-refractivity contribution in [2.24, 2.45) is 5.73 Å². The van der Waals surface area contributed by atoms with E-state index in [0.717, 1.165) is 38.0 Å². The molecule has 2 aliphatic rings. The second kappa shape index (κ2) is 12.1. The minimum absolute atomic E-state index is 0.109. The quantitative estimate of drug-likeness (QED) is 0.416. The number of nitrogens with zero attached hydrogens (tertiary/aromatic N) is 3. The summed E-state index contributed by atoms with van der Waals surface area (Å²) in [4.78, 5) is 45.6. The Morgan fingerprint density at radius 1 is 0.897 bits per heavy atom. The van der Waals surface area contributed by atoms with Gasteiger partial charge in [-0.3, -0.25) is 14.6 Å². The lowest BCUT2D eigenvalue weighted by Crippen LogP contribution is -2.38. The highest BCUT2D eigenvalue weighted by Crippen LogP contribution is 2.40. The van der Waals surface area contributed by atoms with Gasteiger partial charge >= 0.3 is 6.03 Å². The monoisotopic (exact) mass is 526 g/mol. The van der Waals surface area contributed by atoms with Crippen molar-refractivity contribution in [3.05, 3.63) is 95.3 Å². The van der Waals surface area contributed by atoms with Crippen molar-refractivity contribution in [1.29, 1.82) is 0 Å². The molecule has 2 aromatic carbocycles. The first-order valence-electron chi connectivity index (χ1n) is 13.4. The van der Waals surface area contributed by atoms with Gasteiger partial charge in [-0.1, -0.05) is 36.4 Å². The van der Waals surface area contributed by atoms with Gasteiger partial charge in [-0.05, 0) is 61.2 Å². The van der Waals surface area contributed by atoms with Crippen LogP contribution >= 0.6 is 0 Å². The van der Waals surface area contributed by atoms with Crippen molar-refractivity contribution in [3.63, 3.8) is 0 Å². The van der Waals surface area contributed by atoms with E-state index in [0.29, 0.717) is 42.2 Å². The summed E-state index contributed by atoms with van der Waals surface area (Å²) in [5.74, 6) is -0.0720. The number of carbonyl (C=O) groups excluding carboxylic acids is 3. The van der Waals surface area contributed by atoms with Crippen molar-refractivity contribution >= 4 is 23.5 Å². The molecule has 4 N–H and O–H groups in total. The van der Waals surface area contributed by atoms with Crippen molar-refractivity contribution < 1.29 is 14.4 Å². The fourth-order valence-electron chi connectivity index (χ4n) is 5.12. The van der Waals surface area contributed by atoms with Gasteiger partial charge in [0.2, 0.25) is 0 Å². The summed E-state index contributed by atoms with van der Waals surface area (Å²) in [5.41, 5.74) is 9.26. The number of primary amides is 1. The van der Waals surface area contributed by atoms with Gasteiger partial charge in [-0.25, -0.2) is 4.79 Å². The molecule has 202 valence electrons. The van der Waals surface area contributed by atoms with Crippen LogP contribution in [0.4, 0.5) is 10.5 Å². The summed E-state index contributed by atoms with van der Waals surface area (Å²) in [7, 11) is 0. The highest BCUT2D eigenvalue weighted by atomic mass is 16.2. The molecule has 0 radical (unpaired) electrons. The van der Waals surface area contributed by atoms with Gasteiger partial charge in [0.15, 0.2) is 0 Å². The van der Waals surface area contributed by atoms with Crippen LogP contribution in [0.5, 0.6) is 0 Å². The highest BCUT2D eigenvalue weighted by molar-refractivity contribution is 6.05. The van der Waals surface area contributed by atoms with Gasteiger partial charge in [0, 0.05) is 67.3 Å². The Labute approximate surface area is 228 Å². The predicted molar refractivity (Wildman–Crippen MR) is 150 cm³/mol. The van der Waals surface area contributed by atoms with Crippen LogP contribution < -0.4 is 16.4 Å². The molecule has 2 atom stereocenters. The van der Waals surface area contributed by atoms with Crippen LogP contribution in [0.1, 0.15) is 50.6 Å². The first-order chi connectivity index (χ1) is 19.0. The van der Waals surface area contributed by atoms with E-state index in [9.17, 15) is 14.4 Å². The smallest absolute Gasteiger partial charge is 0.314 e. The lowest BCUT2D eigenvalue weighted by molar-refractivity contribution is 0.0948. The molecule has 4 amide bonds. The summed E-state index contributed by atoms with van der Waals surface area (Å²) < 4.78 is 0. The summed E-state index contributed by atoms with van der Waals surface area (Å²) in [6, 6.07) is 18.8. The lowest BCUT2D eigenvalue weighted by Gasteiger charge is -2.21. The van der Waals surface area contributed by atoms with Gasteiger partial charge in [0.25, 0.3) is 11.8 Å². The molecular formula is C30H34N6O3. The van der Waals surface area contributed by atoms with Crippen molar-refractivity contribution in [2.45, 2.75) is 31.2 Å². The van der Waals surface area contributed by atoms with E-state index in [1.807, 2.05) is 30.3 Å². The fraction of sp³-hybridized carbons (Fsp3) is 0.333. The molecule has 1 saturated heterocycles. The van der Waals surface area contributed by atoms with Crippen LogP contribution in [0.15, 0.2) is 73.1 Å². The summed E-state index contributed by atoms with van der Waals surface area (Å²) in [6.45, 7) is 3.64. The normalized spacial score (nSPS) is 19.1. The van der Waals surface area contributed by atoms with Crippen LogP contribution in [0.2, 0.25) is 0 Å². The molecule has 1 aromatic heterocycles. The average molecular weight is 527 g/mol. The Morgan fingerprint density at radius 2 is 1.69 bits per heavy atom. The van der Waals surface area contributed by atoms with Gasteiger partial charge in [0.1, 0.15) is 0 Å². The first kappa shape index (κ1) is 26.4. The van der Waals surface area contributed by atoms with Crippen molar-refractivity contribution in [3.8, 4) is 0 Å². The third kappa shape index (κ3) is 6.80. The SMILES string of the molecule is NC(=O)N1CCCN(CCc2ccc(C(=O)NC3CC3c3ccccc3)cc2NC(=O)c2ccncc2)CC1. The molecule has 2 fully saturated rings. The van der Waals surface area contributed by atoms with E-state index in [1.165, 1.54) is 5.56 Å². The number of amides is 4. The van der Waals surface area contributed by atoms with Crippen molar-refractivity contribution in [1.82, 2.24) is 20.1 Å². The zero-order chi connectivity index (χ0) is 27.2. The number of nitrogens with one attached hydrogen (secondary N) is 2. The van der Waals surface area contributed by atoms with Crippen molar-refractivity contribution in [2.75, 3.05) is 38.0 Å². The topological polar surface area (TPSA) is 121 Å². The number of carbonyl (C=O) groups is 3. The molecule has 9 nitrogen and oxygen atoms in total. The molecule has 2 unspecified atom stereocenters. The van der Waals surface area contributed by atoms with Crippen LogP contribution in [-0.2, 0) is 6.42 Å². The maximum atomic E-state index is 13.1. The van der Waals surface area contributed by atoms with E-state index in [4.69, 9.17) is 5.73 Å². The highest BCUT2D eigenvalue weighted by Gasteiger charge is 2.39. The third-order valence-electron chi connectivity index (χ3n) is 7.49. The molecule has 9 heteroatoms. The number of rotatable bonds is 8. The maximum Gasteiger partial charge on any atom is 0.314 e. The molecule has 3 aromatic rings. The minimum atomic E-state index is -0.381. The Morgan fingerprint density at radius 3 is 2.46 bits per heavy atom. The third-order valence-corrected chi connectivity index (χ3v) is 7.49. The summed E-state index contributed by atoms with van der Waals surface area (Å²) in [5, 5.41) is 6.16. The zero-order valence-corrected chi connectivity index (χ0v) is 21.9. The number of aromatic nitrogens is 1. The number of anilines is 1. The first-order valence-corrected chi connectivity index (χ1v) is 13.4. The summed E-state index contributed by atoms with van der Waals surface area (Å²) >= 11 is 0. The van der Waals surface area contributed by atoms with E-state index >= 15 is 0 Å². The summed E-state index contributed by atoms with van der Waals surface area (Å²) in [6.07, 6.45) is 5.62. The molecule has 5 rings (SSSR count). The molecule has 1 aliphatic heterocycles. The second-order valence-corrected chi connectivity index (χ2v) is 10.2. The van der Waals surface area contributed by atoms with Gasteiger partial charge in [-0.15, -0.1) is 0 Å². The van der Waals surface area contributed by atoms with Crippen LogP contribution in [0.25, 0.3) is 0 Å². The molecule has 1 aliphatic carbocycles. The molecule has 0 bridgehead atoms. The van der Waals surface area contributed by atoms with Crippen LogP contribution in [0.3, 0.4) is 0 Å². The standard InChI is InChI=1S/C30H34N6O3/c31-30(39)36-15-4-14-35(17-18-36)16-11-22-7-8-24(19-26(22)33-28(37)23-9-12-32-13-10-23)29(38)34-27-20-25(27)21-5-2-1-3-6-21/h1-3,5-10,12-13,19,25,27H,4,11,14-18,20H2,(H2,31,39)(H,33,37)(H,34,38). The van der Waals surface area contributed by atoms with Gasteiger partial charge < -0.3 is 26.2 Å².